The number of carbonyl (C=O) groups excluding carboxylic acids is 1. The third-order valence-corrected chi connectivity index (χ3v) is 1.28. The summed E-state index contributed by atoms with van der Waals surface area (Å²) in [5.74, 6) is 0. The van der Waals surface area contributed by atoms with E-state index in [4.69, 9.17) is 4.74 Å². The fourth-order valence-corrected chi connectivity index (χ4v) is 0.635. The van der Waals surface area contributed by atoms with Crippen LogP contribution in [-0.2, 0) is 4.74 Å². The summed E-state index contributed by atoms with van der Waals surface area (Å²) in [6, 6.07) is 0. The van der Waals surface area contributed by atoms with E-state index in [2.05, 4.69) is 5.10 Å². The quantitative estimate of drug-likeness (QED) is 0.497. The van der Waals surface area contributed by atoms with E-state index in [9.17, 15) is 4.79 Å². The lowest BCUT2D eigenvalue weighted by molar-refractivity contribution is 0.0303. The van der Waals surface area contributed by atoms with Crippen LogP contribution in [0.3, 0.4) is 0 Å². The molecule has 88 valence electrons. The van der Waals surface area contributed by atoms with Crippen molar-refractivity contribution >= 4 is 12.3 Å². The van der Waals surface area contributed by atoms with Gasteiger partial charge in [0.05, 0.1) is 0 Å². The molecule has 0 spiro atoms. The van der Waals surface area contributed by atoms with Crippen molar-refractivity contribution in [2.75, 3.05) is 7.05 Å². The molecule has 0 aliphatic carbocycles. The van der Waals surface area contributed by atoms with Crippen LogP contribution in [0.25, 0.3) is 0 Å². The number of hydrogen-bond donors (Lipinski definition) is 0. The molecule has 0 saturated carbocycles. The minimum Gasteiger partial charge on any atom is -0.442 e. The summed E-state index contributed by atoms with van der Waals surface area (Å²) < 4.78 is 5.14. The van der Waals surface area contributed by atoms with E-state index < -0.39 is 11.7 Å². The standard InChI is InChI=1S/C11H22N2O2/c1-10(2,3)8-12-13(7)9(14)15-11(4,5)6/h8H,1-7H3. The summed E-state index contributed by atoms with van der Waals surface area (Å²) in [5, 5.41) is 5.22. The molecule has 4 nitrogen and oxygen atoms in total. The van der Waals surface area contributed by atoms with Gasteiger partial charge in [-0.2, -0.15) is 5.10 Å². The van der Waals surface area contributed by atoms with Gasteiger partial charge in [-0.15, -0.1) is 0 Å². The van der Waals surface area contributed by atoms with E-state index in [0.29, 0.717) is 0 Å². The number of nitrogens with zero attached hydrogens (tertiary/aromatic N) is 2. The zero-order chi connectivity index (χ0) is 12.3. The molecule has 15 heavy (non-hydrogen) atoms. The summed E-state index contributed by atoms with van der Waals surface area (Å²) >= 11 is 0. The average Bonchev–Trinajstić information content (AvgIpc) is 1.95. The molecular weight excluding hydrogens is 192 g/mol. The maximum atomic E-state index is 11.5. The molecule has 0 aromatic carbocycles. The predicted molar refractivity (Wildman–Crippen MR) is 61.9 cm³/mol. The molecule has 1 amide bonds. The first-order valence-corrected chi connectivity index (χ1v) is 5.03. The minimum atomic E-state index is -0.484. The second-order valence-electron chi connectivity index (χ2n) is 5.61. The Hall–Kier alpha value is -1.06. The van der Waals surface area contributed by atoms with Gasteiger partial charge in [0.2, 0.25) is 0 Å². The van der Waals surface area contributed by atoms with Gasteiger partial charge in [0, 0.05) is 13.3 Å². The summed E-state index contributed by atoms with van der Waals surface area (Å²) in [4.78, 5) is 11.5. The third kappa shape index (κ3) is 7.97. The molecule has 0 radical (unpaired) electrons. The number of carbonyl (C=O) groups is 1. The summed E-state index contributed by atoms with van der Waals surface area (Å²) in [6.45, 7) is 11.5. The molecule has 4 heteroatoms. The van der Waals surface area contributed by atoms with E-state index in [1.165, 1.54) is 5.01 Å². The van der Waals surface area contributed by atoms with Gasteiger partial charge in [0.25, 0.3) is 0 Å². The first-order chi connectivity index (χ1) is 6.51. The molecule has 0 aromatic heterocycles. The Morgan fingerprint density at radius 1 is 1.20 bits per heavy atom. The molecule has 0 heterocycles. The van der Waals surface area contributed by atoms with Crippen molar-refractivity contribution < 1.29 is 9.53 Å². The highest BCUT2D eigenvalue weighted by Gasteiger charge is 2.19. The van der Waals surface area contributed by atoms with Crippen LogP contribution in [0, 0.1) is 5.41 Å². The maximum Gasteiger partial charge on any atom is 0.430 e. The number of hydrogen-bond acceptors (Lipinski definition) is 3. The summed E-state index contributed by atoms with van der Waals surface area (Å²) in [6.07, 6.45) is 1.28. The second-order valence-corrected chi connectivity index (χ2v) is 5.61. The van der Waals surface area contributed by atoms with Crippen molar-refractivity contribution in [3.05, 3.63) is 0 Å². The molecule has 0 aliphatic rings. The molecule has 0 aliphatic heterocycles. The van der Waals surface area contributed by atoms with Gasteiger partial charge in [-0.3, -0.25) is 0 Å². The fourth-order valence-electron chi connectivity index (χ4n) is 0.635. The SMILES string of the molecule is CN(N=CC(C)(C)C)C(=O)OC(C)(C)C. The summed E-state index contributed by atoms with van der Waals surface area (Å²) in [5.41, 5.74) is -0.529. The average molecular weight is 214 g/mol. The van der Waals surface area contributed by atoms with Gasteiger partial charge in [-0.05, 0) is 26.2 Å². The lowest BCUT2D eigenvalue weighted by atomic mass is 9.99. The van der Waals surface area contributed by atoms with Gasteiger partial charge < -0.3 is 4.74 Å². The Morgan fingerprint density at radius 3 is 2.00 bits per heavy atom. The van der Waals surface area contributed by atoms with Gasteiger partial charge in [-0.25, -0.2) is 9.80 Å². The molecule has 0 bridgehead atoms. The smallest absolute Gasteiger partial charge is 0.430 e. The van der Waals surface area contributed by atoms with Crippen molar-refractivity contribution in [1.29, 1.82) is 0 Å². The maximum absolute atomic E-state index is 11.5. The minimum absolute atomic E-state index is 0.0454. The van der Waals surface area contributed by atoms with Crippen LogP contribution >= 0.6 is 0 Å². The highest BCUT2D eigenvalue weighted by atomic mass is 16.6. The van der Waals surface area contributed by atoms with E-state index in [1.54, 1.807) is 13.3 Å². The fraction of sp³-hybridized carbons (Fsp3) is 0.818. The van der Waals surface area contributed by atoms with Crippen LogP contribution in [0.5, 0.6) is 0 Å². The lowest BCUT2D eigenvalue weighted by Gasteiger charge is -2.22. The van der Waals surface area contributed by atoms with E-state index in [-0.39, 0.29) is 5.41 Å². The lowest BCUT2D eigenvalue weighted by Crippen LogP contribution is -2.31. The summed E-state index contributed by atoms with van der Waals surface area (Å²) in [7, 11) is 1.58. The first-order valence-electron chi connectivity index (χ1n) is 5.03. The third-order valence-electron chi connectivity index (χ3n) is 1.28. The van der Waals surface area contributed by atoms with Crippen LogP contribution < -0.4 is 0 Å². The Bertz CT molecular complexity index is 246. The van der Waals surface area contributed by atoms with Crippen LogP contribution in [-0.4, -0.2) is 30.0 Å². The Balaban J connectivity index is 4.29. The largest absolute Gasteiger partial charge is 0.442 e. The van der Waals surface area contributed by atoms with Gasteiger partial charge in [-0.1, -0.05) is 20.8 Å². The predicted octanol–water partition coefficient (Wildman–Crippen LogP) is 2.89. The van der Waals surface area contributed by atoms with Crippen molar-refractivity contribution in [3.63, 3.8) is 0 Å². The zero-order valence-electron chi connectivity index (χ0n) is 10.8. The molecule has 0 aromatic rings. The van der Waals surface area contributed by atoms with Gasteiger partial charge in [0.1, 0.15) is 5.60 Å². The Labute approximate surface area is 92.3 Å². The second kappa shape index (κ2) is 4.64. The van der Waals surface area contributed by atoms with E-state index >= 15 is 0 Å². The van der Waals surface area contributed by atoms with Crippen molar-refractivity contribution in [1.82, 2.24) is 5.01 Å². The molecule has 0 saturated heterocycles. The molecule has 0 rings (SSSR count). The molecule has 0 unspecified atom stereocenters. The van der Waals surface area contributed by atoms with Crippen LogP contribution in [0.1, 0.15) is 41.5 Å². The number of hydrazone groups is 1. The topological polar surface area (TPSA) is 41.9 Å². The molecular formula is C11H22N2O2. The van der Waals surface area contributed by atoms with Crippen LogP contribution in [0.4, 0.5) is 4.79 Å². The highest BCUT2D eigenvalue weighted by molar-refractivity contribution is 5.71. The molecule has 0 fully saturated rings. The zero-order valence-corrected chi connectivity index (χ0v) is 10.8. The Morgan fingerprint density at radius 2 is 1.67 bits per heavy atom. The van der Waals surface area contributed by atoms with Gasteiger partial charge >= 0.3 is 6.09 Å². The normalized spacial score (nSPS) is 13.0. The Kier molecular flexibility index (Phi) is 4.31. The van der Waals surface area contributed by atoms with Crippen molar-refractivity contribution in [3.8, 4) is 0 Å². The van der Waals surface area contributed by atoms with E-state index in [0.717, 1.165) is 0 Å². The molecule has 0 atom stereocenters. The molecule has 0 N–H and O–H groups in total. The first kappa shape index (κ1) is 13.9. The van der Waals surface area contributed by atoms with Crippen LogP contribution in [0.15, 0.2) is 5.10 Å². The highest BCUT2D eigenvalue weighted by Crippen LogP contribution is 2.11. The number of ether oxygens (including phenoxy) is 1. The van der Waals surface area contributed by atoms with E-state index in [1.807, 2.05) is 41.5 Å². The number of rotatable bonds is 1. The monoisotopic (exact) mass is 214 g/mol. The number of amides is 1. The van der Waals surface area contributed by atoms with Crippen molar-refractivity contribution in [2.45, 2.75) is 47.1 Å². The van der Waals surface area contributed by atoms with Crippen molar-refractivity contribution in [2.24, 2.45) is 10.5 Å². The van der Waals surface area contributed by atoms with Crippen LogP contribution in [0.2, 0.25) is 0 Å². The van der Waals surface area contributed by atoms with Gasteiger partial charge in [0.15, 0.2) is 0 Å².